The number of rotatable bonds is 3. The number of nitrogens with zero attached hydrogens (tertiary/aromatic N) is 3. The second kappa shape index (κ2) is 5.63. The van der Waals surface area contributed by atoms with Crippen LogP contribution < -0.4 is 16.7 Å². The zero-order chi connectivity index (χ0) is 15.7. The van der Waals surface area contributed by atoms with Crippen molar-refractivity contribution in [3.05, 3.63) is 38.7 Å². The average molecular weight is 302 g/mol. The van der Waals surface area contributed by atoms with Crippen LogP contribution in [-0.4, -0.2) is 46.2 Å². The predicted octanol–water partition coefficient (Wildman–Crippen LogP) is -0.267. The van der Waals surface area contributed by atoms with E-state index in [0.717, 1.165) is 11.5 Å². The molecule has 8 heteroatoms. The van der Waals surface area contributed by atoms with Crippen LogP contribution in [-0.2, 0) is 0 Å². The van der Waals surface area contributed by atoms with Gasteiger partial charge in [0.25, 0.3) is 5.56 Å². The number of hydrogen-bond donors (Lipinski definition) is 3. The number of amidine groups is 1. The second-order valence-electron chi connectivity index (χ2n) is 5.63. The van der Waals surface area contributed by atoms with Gasteiger partial charge in [-0.1, -0.05) is 13.8 Å². The topological polar surface area (TPSA) is 106 Å². The number of aromatic amines is 2. The third-order valence-corrected chi connectivity index (χ3v) is 3.34. The van der Waals surface area contributed by atoms with Crippen LogP contribution in [0.3, 0.4) is 0 Å². The molecule has 0 spiro atoms. The van der Waals surface area contributed by atoms with Crippen LogP contribution in [0.1, 0.15) is 19.4 Å². The van der Waals surface area contributed by atoms with Crippen molar-refractivity contribution in [3.63, 3.8) is 0 Å². The summed E-state index contributed by atoms with van der Waals surface area (Å²) in [6.07, 6.45) is 3.20. The molecule has 22 heavy (non-hydrogen) atoms. The highest BCUT2D eigenvalue weighted by Crippen LogP contribution is 2.16. The van der Waals surface area contributed by atoms with Crippen molar-refractivity contribution in [2.45, 2.75) is 13.8 Å². The standard InChI is InChI=1S/C14H18N6O2/c1-8(2)6-16-11-5-10(19-20-4-3-15-12(11)20)9-7-17-14(22)18-13(9)21/h5,7-8,19H,3-4,6H2,1-2H3,(H2,17,18,21,22). The Bertz CT molecular complexity index is 783. The Balaban J connectivity index is 2.03. The molecule has 0 bridgehead atoms. The number of hydrogen-bond acceptors (Lipinski definition) is 6. The summed E-state index contributed by atoms with van der Waals surface area (Å²) in [5, 5.41) is 1.87. The Morgan fingerprint density at radius 2 is 2.23 bits per heavy atom. The average Bonchev–Trinajstić information content (AvgIpc) is 2.93. The molecule has 8 nitrogen and oxygen atoms in total. The molecule has 116 valence electrons. The van der Waals surface area contributed by atoms with E-state index in [1.54, 1.807) is 6.08 Å². The summed E-state index contributed by atoms with van der Waals surface area (Å²) in [6, 6.07) is 0. The fourth-order valence-corrected chi connectivity index (χ4v) is 2.30. The first-order valence-corrected chi connectivity index (χ1v) is 7.22. The molecule has 0 saturated heterocycles. The number of fused-ring (bicyclic) bond motifs is 1. The molecular formula is C14H18N6O2. The van der Waals surface area contributed by atoms with E-state index in [0.29, 0.717) is 36.8 Å². The van der Waals surface area contributed by atoms with E-state index in [9.17, 15) is 9.59 Å². The van der Waals surface area contributed by atoms with E-state index in [4.69, 9.17) is 0 Å². The van der Waals surface area contributed by atoms with Gasteiger partial charge in [0.2, 0.25) is 0 Å². The molecule has 1 aromatic heterocycles. The van der Waals surface area contributed by atoms with Gasteiger partial charge in [0, 0.05) is 12.7 Å². The highest BCUT2D eigenvalue weighted by atomic mass is 16.2. The van der Waals surface area contributed by atoms with Gasteiger partial charge in [-0.25, -0.2) is 4.79 Å². The molecule has 2 aliphatic heterocycles. The van der Waals surface area contributed by atoms with Crippen LogP contribution in [0, 0.1) is 5.92 Å². The largest absolute Gasteiger partial charge is 0.325 e. The lowest BCUT2D eigenvalue weighted by atomic mass is 10.1. The van der Waals surface area contributed by atoms with Crippen LogP contribution in [0.15, 0.2) is 31.8 Å². The van der Waals surface area contributed by atoms with E-state index in [2.05, 4.69) is 39.2 Å². The van der Waals surface area contributed by atoms with Crippen LogP contribution in [0.25, 0.3) is 5.70 Å². The first kappa shape index (κ1) is 14.3. The van der Waals surface area contributed by atoms with Crippen molar-refractivity contribution < 1.29 is 0 Å². The lowest BCUT2D eigenvalue weighted by Gasteiger charge is -2.28. The number of nitrogens with one attached hydrogen (secondary N) is 3. The maximum atomic E-state index is 12.0. The molecule has 3 heterocycles. The minimum absolute atomic E-state index is 0.364. The summed E-state index contributed by atoms with van der Waals surface area (Å²) < 4.78 is 0. The van der Waals surface area contributed by atoms with Crippen LogP contribution in [0.4, 0.5) is 0 Å². The van der Waals surface area contributed by atoms with Gasteiger partial charge < -0.3 is 4.98 Å². The monoisotopic (exact) mass is 302 g/mol. The van der Waals surface area contributed by atoms with Gasteiger partial charge in [-0.2, -0.15) is 0 Å². The Morgan fingerprint density at radius 3 is 2.95 bits per heavy atom. The smallest absolute Gasteiger partial charge is 0.313 e. The molecule has 0 fully saturated rings. The number of aliphatic imine (C=N–C) groups is 2. The minimum Gasteiger partial charge on any atom is -0.313 e. The van der Waals surface area contributed by atoms with Gasteiger partial charge in [-0.3, -0.25) is 30.2 Å². The molecule has 0 saturated carbocycles. The van der Waals surface area contributed by atoms with E-state index in [-0.39, 0.29) is 0 Å². The fraction of sp³-hybridized carbons (Fsp3) is 0.429. The first-order chi connectivity index (χ1) is 10.5. The van der Waals surface area contributed by atoms with Crippen molar-refractivity contribution in [2.24, 2.45) is 15.9 Å². The van der Waals surface area contributed by atoms with Gasteiger partial charge in [0.1, 0.15) is 5.71 Å². The maximum Gasteiger partial charge on any atom is 0.325 e. The van der Waals surface area contributed by atoms with Gasteiger partial charge in [-0.05, 0) is 12.0 Å². The summed E-state index contributed by atoms with van der Waals surface area (Å²) in [5.41, 5.74) is 3.90. The summed E-state index contributed by atoms with van der Waals surface area (Å²) in [5.74, 6) is 1.23. The molecule has 1 aromatic rings. The first-order valence-electron chi connectivity index (χ1n) is 7.22. The van der Waals surface area contributed by atoms with Crippen LogP contribution in [0.2, 0.25) is 0 Å². The lowest BCUT2D eigenvalue weighted by molar-refractivity contribution is 0.403. The van der Waals surface area contributed by atoms with Crippen molar-refractivity contribution in [2.75, 3.05) is 19.6 Å². The molecule has 3 N–H and O–H groups in total. The number of H-pyrrole nitrogens is 2. The highest BCUT2D eigenvalue weighted by molar-refractivity contribution is 6.47. The quantitative estimate of drug-likeness (QED) is 0.715. The molecule has 3 rings (SSSR count). The normalized spacial score (nSPS) is 19.0. The summed E-state index contributed by atoms with van der Waals surface area (Å²) >= 11 is 0. The number of aromatic nitrogens is 2. The van der Waals surface area contributed by atoms with Gasteiger partial charge in [-0.15, -0.1) is 0 Å². The van der Waals surface area contributed by atoms with Gasteiger partial charge in [0.15, 0.2) is 5.84 Å². The van der Waals surface area contributed by atoms with E-state index in [1.165, 1.54) is 6.20 Å². The predicted molar refractivity (Wildman–Crippen MR) is 84.9 cm³/mol. The zero-order valence-electron chi connectivity index (χ0n) is 12.5. The van der Waals surface area contributed by atoms with Crippen LogP contribution in [0.5, 0.6) is 0 Å². The molecule has 0 aromatic carbocycles. The van der Waals surface area contributed by atoms with Crippen molar-refractivity contribution >= 4 is 17.2 Å². The number of hydrazine groups is 1. The van der Waals surface area contributed by atoms with Crippen molar-refractivity contribution in [3.8, 4) is 0 Å². The maximum absolute atomic E-state index is 12.0. The van der Waals surface area contributed by atoms with Crippen molar-refractivity contribution in [1.82, 2.24) is 20.4 Å². The third kappa shape index (κ3) is 2.72. The molecule has 0 atom stereocenters. The Kier molecular flexibility index (Phi) is 3.66. The molecule has 0 radical (unpaired) electrons. The molecule has 0 aliphatic carbocycles. The molecule has 0 amide bonds. The fourth-order valence-electron chi connectivity index (χ4n) is 2.30. The van der Waals surface area contributed by atoms with E-state index >= 15 is 0 Å². The second-order valence-corrected chi connectivity index (χ2v) is 5.63. The highest BCUT2D eigenvalue weighted by Gasteiger charge is 2.27. The van der Waals surface area contributed by atoms with E-state index < -0.39 is 11.2 Å². The van der Waals surface area contributed by atoms with Gasteiger partial charge >= 0.3 is 5.69 Å². The summed E-state index contributed by atoms with van der Waals surface area (Å²) in [6.45, 7) is 6.28. The molecule has 0 unspecified atom stereocenters. The van der Waals surface area contributed by atoms with Crippen LogP contribution >= 0.6 is 0 Å². The molecular weight excluding hydrogens is 284 g/mol. The van der Waals surface area contributed by atoms with Crippen molar-refractivity contribution in [1.29, 1.82) is 0 Å². The Morgan fingerprint density at radius 1 is 1.41 bits per heavy atom. The Hall–Kier alpha value is -2.64. The third-order valence-electron chi connectivity index (χ3n) is 3.34. The Labute approximate surface area is 126 Å². The summed E-state index contributed by atoms with van der Waals surface area (Å²) in [4.78, 5) is 36.8. The SMILES string of the molecule is CC(C)CN=C1C=C(c2c[nH]c(=O)[nH]c2=O)NN2CCN=C12. The zero-order valence-corrected chi connectivity index (χ0v) is 12.5. The van der Waals surface area contributed by atoms with Gasteiger partial charge in [0.05, 0.1) is 24.4 Å². The van der Waals surface area contributed by atoms with E-state index in [1.807, 2.05) is 5.01 Å². The molecule has 2 aliphatic rings. The lowest BCUT2D eigenvalue weighted by Crippen LogP contribution is -2.47. The summed E-state index contributed by atoms with van der Waals surface area (Å²) in [7, 11) is 0. The minimum atomic E-state index is -0.526.